The van der Waals surface area contributed by atoms with Gasteiger partial charge in [0.05, 0.1) is 32.3 Å². The van der Waals surface area contributed by atoms with Crippen LogP contribution in [0.5, 0.6) is 17.2 Å². The summed E-state index contributed by atoms with van der Waals surface area (Å²) in [6.45, 7) is 6.28. The molecule has 0 bridgehead atoms. The van der Waals surface area contributed by atoms with Crippen LogP contribution < -0.4 is 14.2 Å². The number of aliphatic carboxylic acids is 1. The Bertz CT molecular complexity index is 1090. The summed E-state index contributed by atoms with van der Waals surface area (Å²) in [5.41, 5.74) is 2.01. The first-order chi connectivity index (χ1) is 15.6. The lowest BCUT2D eigenvalue weighted by molar-refractivity contribution is -0.150. The van der Waals surface area contributed by atoms with Gasteiger partial charge in [0.2, 0.25) is 5.75 Å². The van der Waals surface area contributed by atoms with E-state index in [9.17, 15) is 14.7 Å². The number of ether oxygens (including phenoxy) is 4. The smallest absolute Gasteiger partial charge is 0.338 e. The van der Waals surface area contributed by atoms with Gasteiger partial charge in [-0.1, -0.05) is 32.9 Å². The van der Waals surface area contributed by atoms with Gasteiger partial charge in [0.1, 0.15) is 6.61 Å². The number of methoxy groups -OCH3 is 2. The number of benzene rings is 2. The normalized spacial score (nSPS) is 17.1. The maximum atomic E-state index is 12.2. The summed E-state index contributed by atoms with van der Waals surface area (Å²) >= 11 is 0. The van der Waals surface area contributed by atoms with Gasteiger partial charge in [-0.2, -0.15) is 0 Å². The second-order valence-electron chi connectivity index (χ2n) is 9.87. The second-order valence-corrected chi connectivity index (χ2v) is 9.87. The molecule has 1 atom stereocenters. The molecule has 2 aliphatic rings. The van der Waals surface area contributed by atoms with E-state index >= 15 is 0 Å². The Labute approximate surface area is 193 Å². The molecule has 1 aliphatic carbocycles. The van der Waals surface area contributed by atoms with E-state index < -0.39 is 22.7 Å². The number of hydrogen-bond acceptors (Lipinski definition) is 6. The number of carbonyl (C=O) groups excluding carboxylic acids is 1. The molecule has 2 aromatic carbocycles. The summed E-state index contributed by atoms with van der Waals surface area (Å²) in [4.78, 5) is 24.3. The van der Waals surface area contributed by atoms with Gasteiger partial charge in [0.25, 0.3) is 0 Å². The van der Waals surface area contributed by atoms with Crippen LogP contribution in [0.3, 0.4) is 0 Å². The van der Waals surface area contributed by atoms with Gasteiger partial charge in [-0.25, -0.2) is 4.79 Å². The Morgan fingerprint density at radius 1 is 1.06 bits per heavy atom. The largest absolute Gasteiger partial charge is 0.493 e. The third-order valence-electron chi connectivity index (χ3n) is 6.66. The first-order valence-electron chi connectivity index (χ1n) is 11.0. The predicted molar refractivity (Wildman–Crippen MR) is 122 cm³/mol. The van der Waals surface area contributed by atoms with E-state index in [1.807, 2.05) is 39.0 Å². The van der Waals surface area contributed by atoms with E-state index in [0.29, 0.717) is 22.8 Å². The quantitative estimate of drug-likeness (QED) is 0.565. The molecule has 33 heavy (non-hydrogen) atoms. The van der Waals surface area contributed by atoms with Crippen LogP contribution >= 0.6 is 0 Å². The molecule has 7 heteroatoms. The van der Waals surface area contributed by atoms with Crippen LogP contribution in [0, 0.1) is 16.7 Å². The van der Waals surface area contributed by atoms with Crippen molar-refractivity contribution in [2.24, 2.45) is 16.7 Å². The zero-order valence-electron chi connectivity index (χ0n) is 19.7. The summed E-state index contributed by atoms with van der Waals surface area (Å²) in [5, 5.41) is 9.98. The van der Waals surface area contributed by atoms with Crippen molar-refractivity contribution in [3.8, 4) is 28.4 Å². The average Bonchev–Trinajstić information content (AvgIpc) is 3.43. The minimum absolute atomic E-state index is 0.188. The van der Waals surface area contributed by atoms with Crippen LogP contribution in [0.4, 0.5) is 0 Å². The molecule has 2 aromatic rings. The van der Waals surface area contributed by atoms with Gasteiger partial charge in [-0.05, 0) is 42.0 Å². The van der Waals surface area contributed by atoms with Crippen molar-refractivity contribution in [3.05, 3.63) is 41.5 Å². The molecular formula is C26H30O7. The molecule has 1 saturated carbocycles. The minimum Gasteiger partial charge on any atom is -0.493 e. The van der Waals surface area contributed by atoms with Crippen LogP contribution in [-0.2, 0) is 16.1 Å². The van der Waals surface area contributed by atoms with Crippen molar-refractivity contribution < 1.29 is 33.6 Å². The monoisotopic (exact) mass is 454 g/mol. The Morgan fingerprint density at radius 3 is 2.33 bits per heavy atom. The lowest BCUT2D eigenvalue weighted by atomic mass is 9.71. The van der Waals surface area contributed by atoms with E-state index in [0.717, 1.165) is 29.5 Å². The number of hydrogen-bond donors (Lipinski definition) is 1. The standard InChI is InChI=1S/C26H30O7/c1-25(2,3)22(23(27)28)26(11-12-26)14-33-20-16(9-10-19(30-4)21(20)31-5)15-7-6-8-17-18(15)13-32-24(17)29/h6-10,22H,11-14H2,1-5H3,(H,27,28). The molecule has 0 spiro atoms. The SMILES string of the molecule is COc1ccc(-c2cccc3c2COC3=O)c(OCC2(C(C(=O)O)C(C)(C)C)CC2)c1OC. The zero-order chi connectivity index (χ0) is 24.0. The number of rotatable bonds is 8. The van der Waals surface area contributed by atoms with E-state index in [1.165, 1.54) is 0 Å². The van der Waals surface area contributed by atoms with Gasteiger partial charge in [-0.15, -0.1) is 0 Å². The number of cyclic esters (lactones) is 1. The van der Waals surface area contributed by atoms with E-state index in [4.69, 9.17) is 18.9 Å². The Kier molecular flexibility index (Phi) is 5.76. The predicted octanol–water partition coefficient (Wildman–Crippen LogP) is 4.95. The van der Waals surface area contributed by atoms with Crippen molar-refractivity contribution in [2.75, 3.05) is 20.8 Å². The van der Waals surface area contributed by atoms with Crippen LogP contribution in [0.15, 0.2) is 30.3 Å². The molecular weight excluding hydrogens is 424 g/mol. The van der Waals surface area contributed by atoms with Gasteiger partial charge < -0.3 is 24.1 Å². The summed E-state index contributed by atoms with van der Waals surface area (Å²) in [6, 6.07) is 9.13. The van der Waals surface area contributed by atoms with Crippen molar-refractivity contribution in [1.82, 2.24) is 0 Å². The molecule has 4 rings (SSSR count). The molecule has 7 nitrogen and oxygen atoms in total. The lowest BCUT2D eigenvalue weighted by Gasteiger charge is -2.34. The fourth-order valence-electron chi connectivity index (χ4n) is 5.10. The third-order valence-corrected chi connectivity index (χ3v) is 6.66. The average molecular weight is 455 g/mol. The molecule has 1 N–H and O–H groups in total. The molecule has 176 valence electrons. The molecule has 1 aliphatic heterocycles. The molecule has 1 unspecified atom stereocenters. The molecule has 1 heterocycles. The van der Waals surface area contributed by atoms with Gasteiger partial charge >= 0.3 is 11.9 Å². The topological polar surface area (TPSA) is 91.3 Å². The third kappa shape index (κ3) is 4.01. The van der Waals surface area contributed by atoms with E-state index in [1.54, 1.807) is 26.4 Å². The molecule has 0 amide bonds. The fraction of sp³-hybridized carbons (Fsp3) is 0.462. The van der Waals surface area contributed by atoms with Crippen LogP contribution in [-0.4, -0.2) is 37.9 Å². The van der Waals surface area contributed by atoms with Gasteiger partial charge in [0.15, 0.2) is 11.5 Å². The van der Waals surface area contributed by atoms with Gasteiger partial charge in [0, 0.05) is 16.5 Å². The van der Waals surface area contributed by atoms with Crippen LogP contribution in [0.25, 0.3) is 11.1 Å². The fourth-order valence-corrected chi connectivity index (χ4v) is 5.10. The van der Waals surface area contributed by atoms with Crippen LogP contribution in [0.1, 0.15) is 49.5 Å². The zero-order valence-corrected chi connectivity index (χ0v) is 19.7. The summed E-state index contributed by atoms with van der Waals surface area (Å²) in [7, 11) is 3.09. The highest BCUT2D eigenvalue weighted by Gasteiger charge is 2.57. The molecule has 1 fully saturated rings. The van der Waals surface area contributed by atoms with Crippen molar-refractivity contribution >= 4 is 11.9 Å². The number of carboxylic acid groups (broad SMARTS) is 1. The summed E-state index contributed by atoms with van der Waals surface area (Å²) < 4.78 is 22.8. The number of carbonyl (C=O) groups is 2. The van der Waals surface area contributed by atoms with Gasteiger partial charge in [-0.3, -0.25) is 4.79 Å². The van der Waals surface area contributed by atoms with E-state index in [2.05, 4.69) is 0 Å². The second kappa shape index (κ2) is 8.28. The molecule has 0 saturated heterocycles. The van der Waals surface area contributed by atoms with Crippen LogP contribution in [0.2, 0.25) is 0 Å². The Morgan fingerprint density at radius 2 is 1.76 bits per heavy atom. The summed E-state index contributed by atoms with van der Waals surface area (Å²) in [5.74, 6) is -0.298. The summed E-state index contributed by atoms with van der Waals surface area (Å²) in [6.07, 6.45) is 1.57. The molecule has 0 aromatic heterocycles. The van der Waals surface area contributed by atoms with Crippen molar-refractivity contribution in [2.45, 2.75) is 40.2 Å². The highest BCUT2D eigenvalue weighted by Crippen LogP contribution is 2.58. The lowest BCUT2D eigenvalue weighted by Crippen LogP contribution is -2.39. The first kappa shape index (κ1) is 23.0. The first-order valence-corrected chi connectivity index (χ1v) is 11.0. The maximum Gasteiger partial charge on any atom is 0.338 e. The Balaban J connectivity index is 1.77. The van der Waals surface area contributed by atoms with Crippen molar-refractivity contribution in [1.29, 1.82) is 0 Å². The number of carboxylic acids is 1. The number of fused-ring (bicyclic) bond motifs is 1. The maximum absolute atomic E-state index is 12.2. The van der Waals surface area contributed by atoms with E-state index in [-0.39, 0.29) is 19.2 Å². The number of esters is 1. The molecule has 0 radical (unpaired) electrons. The highest BCUT2D eigenvalue weighted by atomic mass is 16.5. The Hall–Kier alpha value is -3.22. The highest BCUT2D eigenvalue weighted by molar-refractivity contribution is 5.96. The van der Waals surface area contributed by atoms with Crippen molar-refractivity contribution in [3.63, 3.8) is 0 Å². The minimum atomic E-state index is -0.807.